The maximum atomic E-state index is 13.0. The zero-order chi connectivity index (χ0) is 21.0. The van der Waals surface area contributed by atoms with Crippen molar-refractivity contribution in [2.45, 2.75) is 69.6 Å². The van der Waals surface area contributed by atoms with Crippen molar-refractivity contribution in [1.82, 2.24) is 14.8 Å². The molecular formula is C18H24ClF3N4O2S. The van der Waals surface area contributed by atoms with Gasteiger partial charge < -0.3 is 9.80 Å². The molecule has 11 heteroatoms. The van der Waals surface area contributed by atoms with E-state index in [-0.39, 0.29) is 31.2 Å². The number of likely N-dealkylation sites (tertiary alicyclic amines) is 1. The average molecular weight is 453 g/mol. The average Bonchev–Trinajstić information content (AvgIpc) is 3.06. The van der Waals surface area contributed by atoms with Crippen LogP contribution in [0, 0.1) is 0 Å². The molecule has 0 unspecified atom stereocenters. The third-order valence-corrected chi connectivity index (χ3v) is 6.49. The van der Waals surface area contributed by atoms with Crippen molar-refractivity contribution >= 4 is 40.0 Å². The molecule has 2 aliphatic rings. The van der Waals surface area contributed by atoms with Crippen molar-refractivity contribution in [2.24, 2.45) is 0 Å². The second-order valence-electron chi connectivity index (χ2n) is 7.50. The van der Waals surface area contributed by atoms with Crippen LogP contribution in [-0.4, -0.2) is 58.1 Å². The molecule has 1 aliphatic heterocycles. The fraction of sp³-hybridized carbons (Fsp3) is 0.722. The molecule has 0 aromatic carbocycles. The van der Waals surface area contributed by atoms with Crippen LogP contribution in [-0.2, 0) is 4.79 Å². The van der Waals surface area contributed by atoms with Crippen molar-refractivity contribution in [3.8, 4) is 0 Å². The van der Waals surface area contributed by atoms with E-state index in [2.05, 4.69) is 10.3 Å². The number of aromatic nitrogens is 1. The number of anilines is 1. The van der Waals surface area contributed by atoms with Crippen molar-refractivity contribution < 1.29 is 22.8 Å². The minimum Gasteiger partial charge on any atom is -0.342 e. The van der Waals surface area contributed by atoms with Gasteiger partial charge in [-0.1, -0.05) is 42.2 Å². The van der Waals surface area contributed by atoms with E-state index in [1.165, 1.54) is 22.4 Å². The summed E-state index contributed by atoms with van der Waals surface area (Å²) in [6, 6.07) is -0.298. The minimum atomic E-state index is -4.50. The first-order valence-corrected chi connectivity index (χ1v) is 11.0. The molecule has 1 aromatic rings. The molecule has 0 radical (unpaired) electrons. The number of carbonyl (C=O) groups is 2. The highest BCUT2D eigenvalue weighted by Crippen LogP contribution is 2.30. The first kappa shape index (κ1) is 22.1. The maximum Gasteiger partial charge on any atom is 0.397 e. The Balaban J connectivity index is 1.65. The van der Waals surface area contributed by atoms with E-state index in [9.17, 15) is 22.8 Å². The number of halogens is 4. The van der Waals surface area contributed by atoms with Gasteiger partial charge in [0.2, 0.25) is 5.91 Å². The first-order valence-electron chi connectivity index (χ1n) is 9.78. The van der Waals surface area contributed by atoms with Gasteiger partial charge in [0, 0.05) is 25.2 Å². The number of carbonyl (C=O) groups excluding carboxylic acids is 2. The molecule has 3 rings (SSSR count). The fourth-order valence-corrected chi connectivity index (χ4v) is 4.94. The van der Waals surface area contributed by atoms with Crippen LogP contribution in [0.25, 0.3) is 0 Å². The summed E-state index contributed by atoms with van der Waals surface area (Å²) >= 11 is 7.06. The molecule has 1 aliphatic carbocycles. The van der Waals surface area contributed by atoms with Gasteiger partial charge in [0.05, 0.1) is 6.20 Å². The number of hydrogen-bond acceptors (Lipinski definition) is 4. The lowest BCUT2D eigenvalue weighted by atomic mass is 9.91. The molecule has 0 atom stereocenters. The SMILES string of the molecule is O=C(CC(F)(F)F)N1CCC(N(C(=O)Nc2ncc(Cl)s2)C2CCCCC2)CC1. The van der Waals surface area contributed by atoms with Gasteiger partial charge in [-0.2, -0.15) is 13.2 Å². The van der Waals surface area contributed by atoms with Crippen LogP contribution >= 0.6 is 22.9 Å². The van der Waals surface area contributed by atoms with Crippen LogP contribution in [0.4, 0.5) is 23.1 Å². The predicted molar refractivity (Wildman–Crippen MR) is 105 cm³/mol. The first-order chi connectivity index (χ1) is 13.7. The molecule has 6 nitrogen and oxygen atoms in total. The van der Waals surface area contributed by atoms with Gasteiger partial charge in [-0.25, -0.2) is 9.78 Å². The molecule has 1 saturated heterocycles. The number of hydrogen-bond donors (Lipinski definition) is 1. The molecule has 3 amide bonds. The number of piperidine rings is 1. The zero-order valence-electron chi connectivity index (χ0n) is 15.9. The molecular weight excluding hydrogens is 429 g/mol. The number of urea groups is 1. The standard InChI is InChI=1S/C18H24ClF3N4O2S/c19-14-11-23-16(29-14)24-17(28)26(12-4-2-1-3-5-12)13-6-8-25(9-7-13)15(27)10-18(20,21)22/h11-13H,1-10H2,(H,23,24,28). The summed E-state index contributed by atoms with van der Waals surface area (Å²) in [6.07, 6.45) is 1.49. The summed E-state index contributed by atoms with van der Waals surface area (Å²) in [5.41, 5.74) is 0. The van der Waals surface area contributed by atoms with Crippen molar-refractivity contribution in [3.05, 3.63) is 10.5 Å². The third kappa shape index (κ3) is 6.21. The second kappa shape index (κ2) is 9.51. The van der Waals surface area contributed by atoms with Crippen LogP contribution in [0.2, 0.25) is 4.34 Å². The third-order valence-electron chi connectivity index (χ3n) is 5.46. The number of thiazole rings is 1. The minimum absolute atomic E-state index is 0.0848. The summed E-state index contributed by atoms with van der Waals surface area (Å²) in [5.74, 6) is -0.901. The Morgan fingerprint density at radius 3 is 2.34 bits per heavy atom. The highest BCUT2D eigenvalue weighted by molar-refractivity contribution is 7.19. The normalized spacial score (nSPS) is 19.2. The summed E-state index contributed by atoms with van der Waals surface area (Å²) in [6.45, 7) is 0.443. The Hall–Kier alpha value is -1.55. The van der Waals surface area contributed by atoms with E-state index < -0.39 is 18.5 Å². The number of amides is 3. The summed E-state index contributed by atoms with van der Waals surface area (Å²) < 4.78 is 38.0. The van der Waals surface area contributed by atoms with Crippen LogP contribution in [0.3, 0.4) is 0 Å². The molecule has 1 saturated carbocycles. The van der Waals surface area contributed by atoms with Crippen LogP contribution < -0.4 is 5.32 Å². The van der Waals surface area contributed by atoms with Gasteiger partial charge in [-0.15, -0.1) is 0 Å². The molecule has 0 bridgehead atoms. The topological polar surface area (TPSA) is 65.5 Å². The Labute approximate surface area is 176 Å². The van der Waals surface area contributed by atoms with E-state index in [0.717, 1.165) is 32.1 Å². The van der Waals surface area contributed by atoms with E-state index in [1.807, 2.05) is 4.90 Å². The van der Waals surface area contributed by atoms with Crippen molar-refractivity contribution in [2.75, 3.05) is 18.4 Å². The number of rotatable bonds is 4. The second-order valence-corrected chi connectivity index (χ2v) is 9.16. The highest BCUT2D eigenvalue weighted by Gasteiger charge is 2.38. The summed E-state index contributed by atoms with van der Waals surface area (Å²) in [5, 5.41) is 3.22. The van der Waals surface area contributed by atoms with Crippen LogP contribution in [0.1, 0.15) is 51.4 Å². The lowest BCUT2D eigenvalue weighted by Crippen LogP contribution is -2.54. The maximum absolute atomic E-state index is 13.0. The molecule has 2 heterocycles. The molecule has 2 fully saturated rings. The van der Waals surface area contributed by atoms with Gasteiger partial charge in [0.25, 0.3) is 0 Å². The lowest BCUT2D eigenvalue weighted by molar-refractivity contribution is -0.162. The van der Waals surface area contributed by atoms with Crippen molar-refractivity contribution in [1.29, 1.82) is 0 Å². The molecule has 162 valence electrons. The van der Waals surface area contributed by atoms with E-state index in [1.54, 1.807) is 0 Å². The van der Waals surface area contributed by atoms with Crippen LogP contribution in [0.15, 0.2) is 6.20 Å². The van der Waals surface area contributed by atoms with Crippen LogP contribution in [0.5, 0.6) is 0 Å². The van der Waals surface area contributed by atoms with Gasteiger partial charge >= 0.3 is 12.2 Å². The molecule has 0 spiro atoms. The quantitative estimate of drug-likeness (QED) is 0.706. The van der Waals surface area contributed by atoms with Gasteiger partial charge in [-0.3, -0.25) is 10.1 Å². The smallest absolute Gasteiger partial charge is 0.342 e. The van der Waals surface area contributed by atoms with E-state index in [0.29, 0.717) is 22.3 Å². The summed E-state index contributed by atoms with van der Waals surface area (Å²) in [4.78, 5) is 32.0. The van der Waals surface area contributed by atoms with Gasteiger partial charge in [0.15, 0.2) is 5.13 Å². The number of nitrogens with zero attached hydrogens (tertiary/aromatic N) is 3. The zero-order valence-corrected chi connectivity index (χ0v) is 17.5. The van der Waals surface area contributed by atoms with E-state index in [4.69, 9.17) is 11.6 Å². The summed E-state index contributed by atoms with van der Waals surface area (Å²) in [7, 11) is 0. The highest BCUT2D eigenvalue weighted by atomic mass is 35.5. The molecule has 29 heavy (non-hydrogen) atoms. The number of nitrogens with one attached hydrogen (secondary N) is 1. The van der Waals surface area contributed by atoms with Gasteiger partial charge in [-0.05, 0) is 25.7 Å². The lowest BCUT2D eigenvalue weighted by Gasteiger charge is -2.43. The Morgan fingerprint density at radius 2 is 1.79 bits per heavy atom. The monoisotopic (exact) mass is 452 g/mol. The number of alkyl halides is 3. The van der Waals surface area contributed by atoms with E-state index >= 15 is 0 Å². The Bertz CT molecular complexity index is 716. The Kier molecular flexibility index (Phi) is 7.26. The largest absolute Gasteiger partial charge is 0.397 e. The van der Waals surface area contributed by atoms with Gasteiger partial charge in [0.1, 0.15) is 10.8 Å². The Morgan fingerprint density at radius 1 is 1.17 bits per heavy atom. The predicted octanol–water partition coefficient (Wildman–Crippen LogP) is 4.91. The van der Waals surface area contributed by atoms with Crippen molar-refractivity contribution in [3.63, 3.8) is 0 Å². The molecule has 1 aromatic heterocycles. The fourth-order valence-electron chi connectivity index (χ4n) is 4.13. The molecule has 1 N–H and O–H groups in total.